The van der Waals surface area contributed by atoms with Gasteiger partial charge in [-0.05, 0) is 20.3 Å². The quantitative estimate of drug-likeness (QED) is 0.618. The van der Waals surface area contributed by atoms with Gasteiger partial charge in [0, 0.05) is 12.5 Å². The summed E-state index contributed by atoms with van der Waals surface area (Å²) in [5.41, 5.74) is 0. The molecule has 1 aliphatic heterocycles. The van der Waals surface area contributed by atoms with Crippen molar-refractivity contribution < 1.29 is 19.8 Å². The van der Waals surface area contributed by atoms with E-state index in [9.17, 15) is 19.8 Å². The van der Waals surface area contributed by atoms with Crippen LogP contribution in [-0.2, 0) is 9.59 Å². The lowest BCUT2D eigenvalue weighted by Gasteiger charge is -2.25. The number of nitrogens with one attached hydrogen (secondary N) is 1. The molecule has 104 valence electrons. The molecule has 1 rings (SSSR count). The lowest BCUT2D eigenvalue weighted by molar-refractivity contribution is -0.140. The topological polar surface area (TPSA) is 89.9 Å². The predicted octanol–water partition coefficient (Wildman–Crippen LogP) is -0.756. The number of hydrogen-bond donors (Lipinski definition) is 3. The van der Waals surface area contributed by atoms with Crippen LogP contribution in [0.15, 0.2) is 0 Å². The highest BCUT2D eigenvalue weighted by atomic mass is 16.3. The van der Waals surface area contributed by atoms with Crippen LogP contribution in [0, 0.1) is 0 Å². The van der Waals surface area contributed by atoms with Crippen molar-refractivity contribution in [3.63, 3.8) is 0 Å². The van der Waals surface area contributed by atoms with Crippen LogP contribution in [0.5, 0.6) is 0 Å². The Hall–Kier alpha value is -1.14. The Morgan fingerprint density at radius 2 is 2.00 bits per heavy atom. The number of aliphatic hydroxyl groups is 2. The molecule has 3 atom stereocenters. The summed E-state index contributed by atoms with van der Waals surface area (Å²) in [5.74, 6) is -0.629. The third-order valence-corrected chi connectivity index (χ3v) is 2.92. The van der Waals surface area contributed by atoms with E-state index in [1.54, 1.807) is 13.8 Å². The standard InChI is InChI=1S/C12H22N2O4/c1-4-5-9(16)14-6-8(15)11(17)10(14)12(18)13-7(2)3/h7-8,10-11,15,17H,4-6H2,1-3H3,(H,13,18)/t8-,10?,11+/m0/s1. The van der Waals surface area contributed by atoms with Gasteiger partial charge in [-0.15, -0.1) is 0 Å². The van der Waals surface area contributed by atoms with Crippen molar-refractivity contribution in [3.8, 4) is 0 Å². The summed E-state index contributed by atoms with van der Waals surface area (Å²) in [4.78, 5) is 25.1. The van der Waals surface area contributed by atoms with Gasteiger partial charge in [0.2, 0.25) is 11.8 Å². The molecular formula is C12H22N2O4. The largest absolute Gasteiger partial charge is 0.388 e. The first-order valence-electron chi connectivity index (χ1n) is 6.34. The van der Waals surface area contributed by atoms with Gasteiger partial charge in [-0.25, -0.2) is 0 Å². The molecule has 3 N–H and O–H groups in total. The molecule has 0 aromatic heterocycles. The highest BCUT2D eigenvalue weighted by Crippen LogP contribution is 2.20. The number of hydrogen-bond acceptors (Lipinski definition) is 4. The van der Waals surface area contributed by atoms with E-state index in [2.05, 4.69) is 5.32 Å². The zero-order valence-corrected chi connectivity index (χ0v) is 11.1. The van der Waals surface area contributed by atoms with E-state index in [4.69, 9.17) is 0 Å². The highest BCUT2D eigenvalue weighted by Gasteiger charge is 2.46. The smallest absolute Gasteiger partial charge is 0.245 e. The number of likely N-dealkylation sites (tertiary alicyclic amines) is 1. The summed E-state index contributed by atoms with van der Waals surface area (Å²) in [6, 6.07) is -1.06. The van der Waals surface area contributed by atoms with E-state index in [1.165, 1.54) is 4.90 Å². The van der Waals surface area contributed by atoms with E-state index in [1.807, 2.05) is 6.92 Å². The van der Waals surface area contributed by atoms with Crippen molar-refractivity contribution >= 4 is 11.8 Å². The van der Waals surface area contributed by atoms with E-state index >= 15 is 0 Å². The second-order valence-corrected chi connectivity index (χ2v) is 4.96. The molecule has 6 nitrogen and oxygen atoms in total. The molecule has 2 amide bonds. The fourth-order valence-electron chi connectivity index (χ4n) is 2.10. The lowest BCUT2D eigenvalue weighted by atomic mass is 10.1. The average Bonchev–Trinajstić information content (AvgIpc) is 2.55. The van der Waals surface area contributed by atoms with Crippen molar-refractivity contribution in [1.82, 2.24) is 10.2 Å². The van der Waals surface area contributed by atoms with Crippen LogP contribution in [0.3, 0.4) is 0 Å². The SMILES string of the molecule is CCCC(=O)N1C[C@H](O)[C@@H](O)C1C(=O)NC(C)C. The first kappa shape index (κ1) is 14.9. The van der Waals surface area contributed by atoms with E-state index in [0.29, 0.717) is 12.8 Å². The minimum absolute atomic E-state index is 0.0101. The van der Waals surface area contributed by atoms with Gasteiger partial charge < -0.3 is 20.4 Å². The fraction of sp³-hybridized carbons (Fsp3) is 0.833. The maximum Gasteiger partial charge on any atom is 0.245 e. The molecule has 1 unspecified atom stereocenters. The molecular weight excluding hydrogens is 236 g/mol. The number of aliphatic hydroxyl groups excluding tert-OH is 2. The first-order valence-corrected chi connectivity index (χ1v) is 6.34. The third-order valence-electron chi connectivity index (χ3n) is 2.92. The molecule has 0 aliphatic carbocycles. The van der Waals surface area contributed by atoms with Gasteiger partial charge in [0.1, 0.15) is 12.1 Å². The maximum absolute atomic E-state index is 12.0. The number of carbonyl (C=O) groups is 2. The number of nitrogens with zero attached hydrogens (tertiary/aromatic N) is 1. The Balaban J connectivity index is 2.82. The zero-order chi connectivity index (χ0) is 13.9. The summed E-state index contributed by atoms with van der Waals surface area (Å²) in [6.45, 7) is 5.47. The van der Waals surface area contributed by atoms with Gasteiger partial charge in [-0.3, -0.25) is 9.59 Å². The Morgan fingerprint density at radius 1 is 1.39 bits per heavy atom. The predicted molar refractivity (Wildman–Crippen MR) is 65.7 cm³/mol. The van der Waals surface area contributed by atoms with Gasteiger partial charge in [-0.2, -0.15) is 0 Å². The molecule has 18 heavy (non-hydrogen) atoms. The molecule has 1 saturated heterocycles. The minimum Gasteiger partial charge on any atom is -0.388 e. The number of rotatable bonds is 4. The van der Waals surface area contributed by atoms with Crippen LogP contribution in [-0.4, -0.2) is 57.8 Å². The molecule has 1 aliphatic rings. The number of amides is 2. The van der Waals surface area contributed by atoms with Crippen LogP contribution >= 0.6 is 0 Å². The fourth-order valence-corrected chi connectivity index (χ4v) is 2.10. The molecule has 0 radical (unpaired) electrons. The zero-order valence-electron chi connectivity index (χ0n) is 11.1. The monoisotopic (exact) mass is 258 g/mol. The lowest BCUT2D eigenvalue weighted by Crippen LogP contribution is -2.51. The molecule has 1 fully saturated rings. The van der Waals surface area contributed by atoms with Gasteiger partial charge in [0.05, 0.1) is 12.6 Å². The second-order valence-electron chi connectivity index (χ2n) is 4.96. The summed E-state index contributed by atoms with van der Waals surface area (Å²) in [7, 11) is 0. The summed E-state index contributed by atoms with van der Waals surface area (Å²) < 4.78 is 0. The van der Waals surface area contributed by atoms with Crippen molar-refractivity contribution in [1.29, 1.82) is 0 Å². The van der Waals surface area contributed by atoms with E-state index in [-0.39, 0.29) is 18.5 Å². The highest BCUT2D eigenvalue weighted by molar-refractivity contribution is 5.89. The Kier molecular flexibility index (Phi) is 5.10. The van der Waals surface area contributed by atoms with Crippen molar-refractivity contribution in [2.45, 2.75) is 57.9 Å². The van der Waals surface area contributed by atoms with Crippen molar-refractivity contribution in [3.05, 3.63) is 0 Å². The van der Waals surface area contributed by atoms with Gasteiger partial charge in [0.25, 0.3) is 0 Å². The van der Waals surface area contributed by atoms with Gasteiger partial charge in [-0.1, -0.05) is 6.92 Å². The molecule has 0 saturated carbocycles. The minimum atomic E-state index is -1.22. The van der Waals surface area contributed by atoms with Crippen LogP contribution in [0.4, 0.5) is 0 Å². The normalized spacial score (nSPS) is 27.7. The van der Waals surface area contributed by atoms with Crippen LogP contribution in [0.2, 0.25) is 0 Å². The Labute approximate surface area is 107 Å². The van der Waals surface area contributed by atoms with Crippen LogP contribution in [0.1, 0.15) is 33.6 Å². The summed E-state index contributed by atoms with van der Waals surface area (Å²) >= 11 is 0. The number of carbonyl (C=O) groups excluding carboxylic acids is 2. The van der Waals surface area contributed by atoms with Gasteiger partial charge in [0.15, 0.2) is 0 Å². The number of β-amino-alcohol motifs (C(OH)–C–C–N with tert-alkyl or cyclic N) is 1. The van der Waals surface area contributed by atoms with Crippen molar-refractivity contribution in [2.24, 2.45) is 0 Å². The summed E-state index contributed by atoms with van der Waals surface area (Å²) in [6.07, 6.45) is -1.30. The third kappa shape index (κ3) is 3.20. The molecule has 0 spiro atoms. The first-order chi connectivity index (χ1) is 8.38. The molecule has 6 heteroatoms. The Morgan fingerprint density at radius 3 is 2.50 bits per heavy atom. The van der Waals surface area contributed by atoms with E-state index in [0.717, 1.165) is 0 Å². The van der Waals surface area contributed by atoms with E-state index < -0.39 is 24.2 Å². The summed E-state index contributed by atoms with van der Waals surface area (Å²) in [5, 5.41) is 22.1. The average molecular weight is 258 g/mol. The second kappa shape index (κ2) is 6.15. The molecule has 0 aromatic carbocycles. The Bertz CT molecular complexity index is 319. The van der Waals surface area contributed by atoms with Gasteiger partial charge >= 0.3 is 0 Å². The van der Waals surface area contributed by atoms with Crippen LogP contribution in [0.25, 0.3) is 0 Å². The molecule has 1 heterocycles. The van der Waals surface area contributed by atoms with Crippen molar-refractivity contribution in [2.75, 3.05) is 6.54 Å². The molecule has 0 bridgehead atoms. The maximum atomic E-state index is 12.0. The molecule has 0 aromatic rings. The van der Waals surface area contributed by atoms with Crippen LogP contribution < -0.4 is 5.32 Å².